The van der Waals surface area contributed by atoms with E-state index < -0.39 is 0 Å². The molecule has 5 heteroatoms. The molecule has 1 saturated heterocycles. The van der Waals surface area contributed by atoms with Gasteiger partial charge < -0.3 is 16.0 Å². The van der Waals surface area contributed by atoms with Gasteiger partial charge in [-0.15, -0.1) is 0 Å². The molecule has 11 heavy (non-hydrogen) atoms. The zero-order chi connectivity index (χ0) is 8.27. The lowest BCUT2D eigenvalue weighted by Crippen LogP contribution is -2.52. The molecule has 1 rings (SSSR count). The maximum atomic E-state index is 11.0. The molecule has 5 nitrogen and oxygen atoms in total. The number of nitrogens with two attached hydrogens (primary N) is 1. The zero-order valence-electron chi connectivity index (χ0n) is 6.17. The van der Waals surface area contributed by atoms with Crippen LogP contribution in [0.4, 0.5) is 0 Å². The Morgan fingerprint density at radius 2 is 2.27 bits per heavy atom. The van der Waals surface area contributed by atoms with Gasteiger partial charge in [0.25, 0.3) is 0 Å². The number of amides is 2. The van der Waals surface area contributed by atoms with Crippen LogP contribution in [0, 0.1) is 0 Å². The fraction of sp³-hybridized carbons (Fsp3) is 0.667. The van der Waals surface area contributed by atoms with E-state index in [-0.39, 0.29) is 24.9 Å². The van der Waals surface area contributed by atoms with Crippen LogP contribution in [0.5, 0.6) is 0 Å². The largest absolute Gasteiger partial charge is 0.345 e. The average Bonchev–Trinajstić information content (AvgIpc) is 1.98. The summed E-state index contributed by atoms with van der Waals surface area (Å²) >= 11 is 0. The van der Waals surface area contributed by atoms with Crippen LogP contribution >= 0.6 is 0 Å². The zero-order valence-corrected chi connectivity index (χ0v) is 6.17. The van der Waals surface area contributed by atoms with Gasteiger partial charge in [-0.1, -0.05) is 0 Å². The molecule has 1 aliphatic rings. The molecular formula is C6H11N3O2. The fourth-order valence-electron chi connectivity index (χ4n) is 0.963. The number of carbonyl (C=O) groups excluding carboxylic acids is 2. The first-order valence-electron chi connectivity index (χ1n) is 3.48. The molecule has 1 aliphatic heterocycles. The van der Waals surface area contributed by atoms with Crippen molar-refractivity contribution in [1.82, 2.24) is 10.2 Å². The normalized spacial score (nSPS) is 18.5. The highest BCUT2D eigenvalue weighted by Crippen LogP contribution is 1.92. The molecule has 0 unspecified atom stereocenters. The van der Waals surface area contributed by atoms with Gasteiger partial charge in [0, 0.05) is 13.1 Å². The van der Waals surface area contributed by atoms with Crippen molar-refractivity contribution in [3.63, 3.8) is 0 Å². The molecule has 0 aliphatic carbocycles. The minimum Gasteiger partial charge on any atom is -0.345 e. The Labute approximate surface area is 64.5 Å². The molecule has 0 aromatic carbocycles. The topological polar surface area (TPSA) is 75.4 Å². The van der Waals surface area contributed by atoms with E-state index in [4.69, 9.17) is 5.73 Å². The smallest absolute Gasteiger partial charge is 0.242 e. The van der Waals surface area contributed by atoms with Gasteiger partial charge in [0.2, 0.25) is 11.8 Å². The second-order valence-corrected chi connectivity index (χ2v) is 2.38. The van der Waals surface area contributed by atoms with E-state index in [1.165, 1.54) is 4.90 Å². The summed E-state index contributed by atoms with van der Waals surface area (Å²) in [5.41, 5.74) is 5.24. The average molecular weight is 157 g/mol. The van der Waals surface area contributed by atoms with Crippen LogP contribution in [0.25, 0.3) is 0 Å². The van der Waals surface area contributed by atoms with E-state index in [2.05, 4.69) is 5.32 Å². The molecule has 0 radical (unpaired) electrons. The van der Waals surface area contributed by atoms with Crippen molar-refractivity contribution in [2.24, 2.45) is 5.73 Å². The number of nitrogens with zero attached hydrogens (tertiary/aromatic N) is 1. The summed E-state index contributed by atoms with van der Waals surface area (Å²) in [6, 6.07) is 0. The van der Waals surface area contributed by atoms with Gasteiger partial charge in [-0.05, 0) is 0 Å². The first-order chi connectivity index (χ1) is 5.24. The maximum Gasteiger partial charge on any atom is 0.242 e. The minimum absolute atomic E-state index is 0.0601. The maximum absolute atomic E-state index is 11.0. The Morgan fingerprint density at radius 3 is 2.91 bits per heavy atom. The van der Waals surface area contributed by atoms with Crippen LogP contribution in [0.3, 0.4) is 0 Å². The fourth-order valence-corrected chi connectivity index (χ4v) is 0.963. The molecule has 0 spiro atoms. The highest BCUT2D eigenvalue weighted by molar-refractivity contribution is 5.92. The number of carbonyl (C=O) groups is 2. The molecular weight excluding hydrogens is 146 g/mol. The third-order valence-corrected chi connectivity index (χ3v) is 1.52. The third kappa shape index (κ3) is 1.91. The van der Waals surface area contributed by atoms with Crippen molar-refractivity contribution in [2.75, 3.05) is 26.2 Å². The number of nitrogens with one attached hydrogen (secondary N) is 1. The second-order valence-electron chi connectivity index (χ2n) is 2.38. The summed E-state index contributed by atoms with van der Waals surface area (Å²) in [7, 11) is 0. The molecule has 0 saturated carbocycles. The monoisotopic (exact) mass is 157 g/mol. The predicted octanol–water partition coefficient (Wildman–Crippen LogP) is -2.10. The minimum atomic E-state index is -0.113. The van der Waals surface area contributed by atoms with E-state index in [0.29, 0.717) is 13.1 Å². The van der Waals surface area contributed by atoms with Crippen LogP contribution in [-0.4, -0.2) is 42.9 Å². The van der Waals surface area contributed by atoms with Crippen molar-refractivity contribution in [3.8, 4) is 0 Å². The molecule has 0 aromatic heterocycles. The lowest BCUT2D eigenvalue weighted by Gasteiger charge is -2.25. The number of rotatable bonds is 2. The van der Waals surface area contributed by atoms with Crippen LogP contribution < -0.4 is 11.1 Å². The van der Waals surface area contributed by atoms with Gasteiger partial charge in [-0.25, -0.2) is 0 Å². The summed E-state index contributed by atoms with van der Waals surface area (Å²) in [6.45, 7) is 1.13. The quantitative estimate of drug-likeness (QED) is 0.482. The van der Waals surface area contributed by atoms with Crippen LogP contribution in [0.15, 0.2) is 0 Å². The summed E-state index contributed by atoms with van der Waals surface area (Å²) in [4.78, 5) is 23.2. The molecule has 1 heterocycles. The number of piperazine rings is 1. The van der Waals surface area contributed by atoms with E-state index in [1.54, 1.807) is 0 Å². The summed E-state index contributed by atoms with van der Waals surface area (Å²) in [6.07, 6.45) is 0. The first kappa shape index (κ1) is 8.00. The van der Waals surface area contributed by atoms with Gasteiger partial charge in [0.05, 0.1) is 13.1 Å². The molecule has 3 N–H and O–H groups in total. The Kier molecular flexibility index (Phi) is 2.43. The summed E-state index contributed by atoms with van der Waals surface area (Å²) < 4.78 is 0. The highest BCUT2D eigenvalue weighted by Gasteiger charge is 2.21. The van der Waals surface area contributed by atoms with E-state index >= 15 is 0 Å². The lowest BCUT2D eigenvalue weighted by molar-refractivity contribution is -0.140. The molecule has 2 amide bonds. The van der Waals surface area contributed by atoms with E-state index in [9.17, 15) is 9.59 Å². The Hall–Kier alpha value is -1.10. The lowest BCUT2D eigenvalue weighted by atomic mass is 10.3. The predicted molar refractivity (Wildman–Crippen MR) is 38.6 cm³/mol. The van der Waals surface area contributed by atoms with Crippen LogP contribution in [-0.2, 0) is 9.59 Å². The molecule has 62 valence electrons. The van der Waals surface area contributed by atoms with Crippen molar-refractivity contribution >= 4 is 11.8 Å². The van der Waals surface area contributed by atoms with Crippen LogP contribution in [0.1, 0.15) is 0 Å². The highest BCUT2D eigenvalue weighted by atomic mass is 16.2. The van der Waals surface area contributed by atoms with Gasteiger partial charge in [-0.2, -0.15) is 0 Å². The second kappa shape index (κ2) is 3.34. The van der Waals surface area contributed by atoms with Gasteiger partial charge in [-0.3, -0.25) is 9.59 Å². The Morgan fingerprint density at radius 1 is 1.55 bits per heavy atom. The molecule has 0 bridgehead atoms. The van der Waals surface area contributed by atoms with Gasteiger partial charge in [0.15, 0.2) is 0 Å². The number of hydrogen-bond acceptors (Lipinski definition) is 3. The summed E-state index contributed by atoms with van der Waals surface area (Å²) in [5, 5.41) is 2.45. The molecule has 0 aromatic rings. The van der Waals surface area contributed by atoms with E-state index in [0.717, 1.165) is 0 Å². The first-order valence-corrected chi connectivity index (χ1v) is 3.48. The van der Waals surface area contributed by atoms with Crippen molar-refractivity contribution in [2.45, 2.75) is 0 Å². The Bertz CT molecular complexity index is 181. The Balaban J connectivity index is 2.47. The van der Waals surface area contributed by atoms with E-state index in [1.807, 2.05) is 0 Å². The standard InChI is InChI=1S/C6H11N3O2/c7-1-2-9-4-5(10)8-3-6(9)11/h1-4,7H2,(H,8,10). The van der Waals surface area contributed by atoms with Crippen LogP contribution in [0.2, 0.25) is 0 Å². The van der Waals surface area contributed by atoms with Gasteiger partial charge in [0.1, 0.15) is 0 Å². The van der Waals surface area contributed by atoms with Crippen molar-refractivity contribution in [3.05, 3.63) is 0 Å². The van der Waals surface area contributed by atoms with Gasteiger partial charge >= 0.3 is 0 Å². The SMILES string of the molecule is NCCN1CC(=O)NCC1=O. The third-order valence-electron chi connectivity index (χ3n) is 1.52. The molecule has 1 fully saturated rings. The summed E-state index contributed by atoms with van der Waals surface area (Å²) in [5.74, 6) is -0.173. The number of hydrogen-bond donors (Lipinski definition) is 2. The molecule has 0 atom stereocenters. The van der Waals surface area contributed by atoms with Crippen molar-refractivity contribution in [1.29, 1.82) is 0 Å². The van der Waals surface area contributed by atoms with Crippen molar-refractivity contribution < 1.29 is 9.59 Å².